The van der Waals surface area contributed by atoms with Gasteiger partial charge in [0.1, 0.15) is 6.54 Å². The zero-order valence-corrected chi connectivity index (χ0v) is 24.6. The van der Waals surface area contributed by atoms with E-state index in [1.54, 1.807) is 54.3 Å². The van der Waals surface area contributed by atoms with Gasteiger partial charge in [-0.2, -0.15) is 0 Å². The van der Waals surface area contributed by atoms with Gasteiger partial charge in [-0.15, -0.1) is 0 Å². The molecule has 1 saturated heterocycles. The van der Waals surface area contributed by atoms with Crippen LogP contribution in [0.2, 0.25) is 0 Å². The van der Waals surface area contributed by atoms with Crippen molar-refractivity contribution in [2.24, 2.45) is 0 Å². The molecule has 2 aliphatic heterocycles. The minimum atomic E-state index is -3.76. The van der Waals surface area contributed by atoms with Crippen LogP contribution in [-0.2, 0) is 29.1 Å². The van der Waals surface area contributed by atoms with Crippen molar-refractivity contribution in [3.05, 3.63) is 89.5 Å². The number of rotatable bonds is 9. The summed E-state index contributed by atoms with van der Waals surface area (Å²) in [6, 6.07) is 20.8. The van der Waals surface area contributed by atoms with Crippen LogP contribution < -0.4 is 14.9 Å². The third kappa shape index (κ3) is 6.71. The summed E-state index contributed by atoms with van der Waals surface area (Å²) in [5, 5.41) is 6.18. The van der Waals surface area contributed by atoms with E-state index in [2.05, 4.69) is 10.6 Å². The number of nitrogens with one attached hydrogen (secondary N) is 2. The van der Waals surface area contributed by atoms with Crippen molar-refractivity contribution in [1.82, 2.24) is 4.90 Å². The molecule has 0 saturated carbocycles. The van der Waals surface area contributed by atoms with Crippen LogP contribution >= 0.6 is 0 Å². The number of fused-ring (bicyclic) bond motifs is 1. The summed E-state index contributed by atoms with van der Waals surface area (Å²) in [4.78, 5) is 40.0. The summed E-state index contributed by atoms with van der Waals surface area (Å²) in [6.07, 6.45) is 1.06. The van der Waals surface area contributed by atoms with E-state index in [0.29, 0.717) is 65.8 Å². The first kappa shape index (κ1) is 29.8. The van der Waals surface area contributed by atoms with E-state index in [-0.39, 0.29) is 25.0 Å². The van der Waals surface area contributed by atoms with Crippen LogP contribution in [0.25, 0.3) is 11.3 Å². The quantitative estimate of drug-likeness (QED) is 0.280. The summed E-state index contributed by atoms with van der Waals surface area (Å²) >= 11 is 0. The van der Waals surface area contributed by atoms with Crippen LogP contribution in [0.1, 0.15) is 28.4 Å². The second-order valence-corrected chi connectivity index (χ2v) is 11.9. The first-order valence-electron chi connectivity index (χ1n) is 13.8. The van der Waals surface area contributed by atoms with Gasteiger partial charge in [-0.05, 0) is 48.9 Å². The Morgan fingerprint density at radius 2 is 1.70 bits per heavy atom. The highest BCUT2D eigenvalue weighted by atomic mass is 32.2. The number of ether oxygens (including phenoxy) is 2. The average Bonchev–Trinajstić information content (AvgIpc) is 3.34. The van der Waals surface area contributed by atoms with E-state index in [9.17, 15) is 22.8 Å². The van der Waals surface area contributed by atoms with E-state index in [0.717, 1.165) is 16.1 Å². The molecule has 2 amide bonds. The molecule has 0 aromatic heterocycles. The summed E-state index contributed by atoms with van der Waals surface area (Å²) in [5.41, 5.74) is 4.01. The van der Waals surface area contributed by atoms with Gasteiger partial charge in [-0.1, -0.05) is 36.4 Å². The second kappa shape index (κ2) is 12.7. The first-order chi connectivity index (χ1) is 20.7. The van der Waals surface area contributed by atoms with E-state index in [1.807, 2.05) is 30.3 Å². The fourth-order valence-electron chi connectivity index (χ4n) is 4.94. The topological polar surface area (TPSA) is 134 Å². The number of benzene rings is 3. The van der Waals surface area contributed by atoms with Gasteiger partial charge in [0, 0.05) is 24.3 Å². The maximum Gasteiger partial charge on any atom is 0.338 e. The van der Waals surface area contributed by atoms with Gasteiger partial charge in [0.25, 0.3) is 5.91 Å². The summed E-state index contributed by atoms with van der Waals surface area (Å²) in [5.74, 6) is -1.12. The maximum absolute atomic E-state index is 13.3. The molecule has 2 heterocycles. The molecule has 0 bridgehead atoms. The lowest BCUT2D eigenvalue weighted by atomic mass is 9.99. The van der Waals surface area contributed by atoms with Crippen LogP contribution in [0.15, 0.2) is 72.8 Å². The molecule has 1 fully saturated rings. The number of esters is 1. The molecule has 3 aromatic carbocycles. The van der Waals surface area contributed by atoms with Gasteiger partial charge in [-0.25, -0.2) is 13.2 Å². The largest absolute Gasteiger partial charge is 0.462 e. The standard InChI is InChI=1S/C31H32N4O7S/c1-3-42-31(38)22-9-14-25-26(19-22)33-30(37)28(25)29(21-7-5-4-6-8-21)32-23-10-12-24(13-11-23)35(43(2,39)40)20-27(36)34-15-17-41-18-16-34/h4-14,19,32H,3,15-18,20H2,1-2H3,(H,33,37). The van der Waals surface area contributed by atoms with E-state index < -0.39 is 16.0 Å². The lowest BCUT2D eigenvalue weighted by Gasteiger charge is -2.30. The Balaban J connectivity index is 1.46. The highest BCUT2D eigenvalue weighted by Crippen LogP contribution is 2.38. The Labute approximate surface area is 250 Å². The number of morpholine rings is 1. The smallest absolute Gasteiger partial charge is 0.338 e. The van der Waals surface area contributed by atoms with Crippen molar-refractivity contribution in [2.75, 3.05) is 60.6 Å². The Morgan fingerprint density at radius 1 is 1.00 bits per heavy atom. The van der Waals surface area contributed by atoms with Crippen LogP contribution in [0, 0.1) is 0 Å². The maximum atomic E-state index is 13.3. The van der Waals surface area contributed by atoms with Gasteiger partial charge in [-0.3, -0.25) is 13.9 Å². The zero-order chi connectivity index (χ0) is 30.6. The highest BCUT2D eigenvalue weighted by molar-refractivity contribution is 7.92. The number of hydrogen-bond donors (Lipinski definition) is 2. The van der Waals surface area contributed by atoms with Gasteiger partial charge in [0.15, 0.2) is 0 Å². The third-order valence-electron chi connectivity index (χ3n) is 7.06. The van der Waals surface area contributed by atoms with Gasteiger partial charge < -0.3 is 25.0 Å². The molecular weight excluding hydrogens is 572 g/mol. The molecular formula is C31H32N4O7S. The first-order valence-corrected chi connectivity index (χ1v) is 15.6. The number of hydrogen-bond acceptors (Lipinski definition) is 8. The highest BCUT2D eigenvalue weighted by Gasteiger charge is 2.30. The van der Waals surface area contributed by atoms with Crippen LogP contribution in [0.4, 0.5) is 17.1 Å². The lowest BCUT2D eigenvalue weighted by Crippen LogP contribution is -2.47. The second-order valence-electron chi connectivity index (χ2n) is 9.99. The van der Waals surface area contributed by atoms with Crippen molar-refractivity contribution >= 4 is 56.1 Å². The number of nitrogens with zero attached hydrogens (tertiary/aromatic N) is 2. The molecule has 224 valence electrons. The number of anilines is 3. The van der Waals surface area contributed by atoms with Crippen molar-refractivity contribution in [1.29, 1.82) is 0 Å². The SMILES string of the molecule is CCOC(=O)c1ccc2c(c1)NC(=O)C2=C(Nc1ccc(N(CC(=O)N2CCOCC2)S(C)(=O)=O)cc1)c1ccccc1. The molecule has 0 radical (unpaired) electrons. The molecule has 3 aromatic rings. The molecule has 2 N–H and O–H groups in total. The van der Waals surface area contributed by atoms with Gasteiger partial charge in [0.2, 0.25) is 15.9 Å². The zero-order valence-electron chi connectivity index (χ0n) is 23.8. The van der Waals surface area contributed by atoms with Crippen LogP contribution in [0.5, 0.6) is 0 Å². The molecule has 0 spiro atoms. The number of amides is 2. The minimum absolute atomic E-state index is 0.237. The van der Waals surface area contributed by atoms with E-state index in [1.165, 1.54) is 0 Å². The van der Waals surface area contributed by atoms with Crippen LogP contribution in [0.3, 0.4) is 0 Å². The molecule has 43 heavy (non-hydrogen) atoms. The fraction of sp³-hybridized carbons (Fsp3) is 0.258. The monoisotopic (exact) mass is 604 g/mol. The lowest BCUT2D eigenvalue weighted by molar-refractivity contribution is -0.133. The molecule has 5 rings (SSSR count). The van der Waals surface area contributed by atoms with Gasteiger partial charge in [0.05, 0.1) is 54.3 Å². The van der Waals surface area contributed by atoms with Crippen molar-refractivity contribution < 1.29 is 32.3 Å². The molecule has 0 aliphatic carbocycles. The average molecular weight is 605 g/mol. The Morgan fingerprint density at radius 3 is 2.35 bits per heavy atom. The molecule has 0 unspecified atom stereocenters. The Hall–Kier alpha value is -4.68. The van der Waals surface area contributed by atoms with Crippen LogP contribution in [-0.4, -0.2) is 76.8 Å². The number of sulfonamides is 1. The van der Waals surface area contributed by atoms with Gasteiger partial charge >= 0.3 is 5.97 Å². The minimum Gasteiger partial charge on any atom is -0.462 e. The molecule has 0 atom stereocenters. The normalized spacial score (nSPS) is 15.8. The number of carbonyl (C=O) groups is 3. The predicted molar refractivity (Wildman–Crippen MR) is 164 cm³/mol. The molecule has 11 nitrogen and oxygen atoms in total. The fourth-order valence-corrected chi connectivity index (χ4v) is 5.79. The molecule has 12 heteroatoms. The van der Waals surface area contributed by atoms with Crippen molar-refractivity contribution in [2.45, 2.75) is 6.92 Å². The van der Waals surface area contributed by atoms with Crippen molar-refractivity contribution in [3.8, 4) is 0 Å². The Bertz CT molecular complexity index is 1670. The summed E-state index contributed by atoms with van der Waals surface area (Å²) in [7, 11) is -3.76. The molecule has 2 aliphatic rings. The number of carbonyl (C=O) groups excluding carboxylic acids is 3. The third-order valence-corrected chi connectivity index (χ3v) is 8.20. The van der Waals surface area contributed by atoms with E-state index >= 15 is 0 Å². The predicted octanol–water partition coefficient (Wildman–Crippen LogP) is 3.42. The van der Waals surface area contributed by atoms with E-state index in [4.69, 9.17) is 9.47 Å². The summed E-state index contributed by atoms with van der Waals surface area (Å²) < 4.78 is 36.8. The summed E-state index contributed by atoms with van der Waals surface area (Å²) in [6.45, 7) is 3.30. The Kier molecular flexibility index (Phi) is 8.78. The van der Waals surface area contributed by atoms with Crippen molar-refractivity contribution in [3.63, 3.8) is 0 Å².